The summed E-state index contributed by atoms with van der Waals surface area (Å²) in [6.45, 7) is 16.2. The zero-order valence-corrected chi connectivity index (χ0v) is 51.0. The molecule has 0 radical (unpaired) electrons. The summed E-state index contributed by atoms with van der Waals surface area (Å²) < 4.78 is 61.1. The third-order valence-electron chi connectivity index (χ3n) is 22.6. The van der Waals surface area contributed by atoms with Crippen LogP contribution in [0.1, 0.15) is 114 Å². The van der Waals surface area contributed by atoms with Crippen LogP contribution in [0, 0.1) is 50.2 Å². The summed E-state index contributed by atoms with van der Waals surface area (Å²) in [6, 6.07) is 0. The first kappa shape index (κ1) is 68.4. The molecule has 5 aliphatic carbocycles. The molecule has 0 aromatic carbocycles. The molecule has 0 aromatic rings. The van der Waals surface area contributed by atoms with Crippen LogP contribution in [0.2, 0.25) is 0 Å². The maximum Gasteiger partial charge on any atom is 0.335 e. The number of carbonyl (C=O) groups excluding carboxylic acids is 2. The zero-order valence-electron chi connectivity index (χ0n) is 51.0. The third-order valence-corrected chi connectivity index (χ3v) is 22.6. The van der Waals surface area contributed by atoms with Crippen LogP contribution >= 0.6 is 0 Å². The van der Waals surface area contributed by atoms with E-state index in [4.69, 9.17) is 47.4 Å². The third kappa shape index (κ3) is 11.4. The molecule has 4 heterocycles. The number of carboxylic acid groups (broad SMARTS) is 1. The van der Waals surface area contributed by atoms with Gasteiger partial charge in [0, 0.05) is 17.9 Å². The highest BCUT2D eigenvalue weighted by Gasteiger charge is 2.74. The van der Waals surface area contributed by atoms with Crippen molar-refractivity contribution >= 4 is 17.9 Å². The molecule has 0 unspecified atom stereocenters. The Kier molecular flexibility index (Phi) is 19.8. The number of ether oxygens (including phenoxy) is 10. The lowest BCUT2D eigenvalue weighted by Gasteiger charge is -2.72. The summed E-state index contributed by atoms with van der Waals surface area (Å²) in [5.74, 6) is -3.67. The minimum absolute atomic E-state index is 0.0313. The molecule has 0 spiro atoms. The topological polar surface area (TPSA) is 427 Å². The van der Waals surface area contributed by atoms with Gasteiger partial charge in [0.2, 0.25) is 0 Å². The van der Waals surface area contributed by atoms with Gasteiger partial charge >= 0.3 is 17.9 Å². The van der Waals surface area contributed by atoms with Gasteiger partial charge in [0.05, 0.1) is 44.1 Å². The number of allylic oxidation sites excluding steroid dienone is 3. The summed E-state index contributed by atoms with van der Waals surface area (Å²) in [7, 11) is 0. The number of rotatable bonds is 15. The number of aliphatic hydroxyl groups excluding tert-OH is 13. The van der Waals surface area contributed by atoms with Crippen molar-refractivity contribution in [3.8, 4) is 0 Å². The second-order valence-corrected chi connectivity index (χ2v) is 28.1. The summed E-state index contributed by atoms with van der Waals surface area (Å²) in [6.07, 6.45) is -34.0. The fourth-order valence-corrected chi connectivity index (χ4v) is 17.4. The second kappa shape index (κ2) is 25.2. The van der Waals surface area contributed by atoms with Crippen LogP contribution in [-0.2, 0) is 61.8 Å². The highest BCUT2D eigenvalue weighted by Crippen LogP contribution is 2.76. The first-order chi connectivity index (χ1) is 40.6. The smallest absolute Gasteiger partial charge is 0.335 e. The van der Waals surface area contributed by atoms with Crippen molar-refractivity contribution < 1.29 is 133 Å². The molecule has 0 amide bonds. The highest BCUT2D eigenvalue weighted by atomic mass is 16.8. The van der Waals surface area contributed by atoms with Crippen molar-refractivity contribution in [2.75, 3.05) is 26.4 Å². The molecular weight excluding hydrogens is 1150 g/mol. The summed E-state index contributed by atoms with van der Waals surface area (Å²) >= 11 is 0. The van der Waals surface area contributed by atoms with E-state index in [0.717, 1.165) is 5.57 Å². The van der Waals surface area contributed by atoms with Gasteiger partial charge in [0.25, 0.3) is 0 Å². The second-order valence-electron chi connectivity index (χ2n) is 28.1. The van der Waals surface area contributed by atoms with Crippen molar-refractivity contribution in [1.82, 2.24) is 0 Å². The molecule has 14 N–H and O–H groups in total. The van der Waals surface area contributed by atoms with Gasteiger partial charge in [-0.05, 0) is 98.2 Å². The summed E-state index contributed by atoms with van der Waals surface area (Å²) in [5, 5.41) is 155. The predicted molar refractivity (Wildman–Crippen MR) is 294 cm³/mol. The molecule has 27 nitrogen and oxygen atoms in total. The normalized spacial score (nSPS) is 50.5. The van der Waals surface area contributed by atoms with Gasteiger partial charge in [-0.25, -0.2) is 9.59 Å². The fraction of sp³-hybridized carbons (Fsp3) is 0.883. The maximum atomic E-state index is 13.7. The molecule has 496 valence electrons. The van der Waals surface area contributed by atoms with E-state index in [1.54, 1.807) is 19.9 Å². The molecular formula is C60H94O27. The number of aliphatic hydroxyl groups is 13. The fourth-order valence-electron chi connectivity index (χ4n) is 17.4. The Morgan fingerprint density at radius 3 is 1.84 bits per heavy atom. The molecule has 0 bridgehead atoms. The van der Waals surface area contributed by atoms with E-state index < -0.39 is 224 Å². The average Bonchev–Trinajstić information content (AvgIpc) is 0.677. The van der Waals surface area contributed by atoms with Gasteiger partial charge in [-0.2, -0.15) is 0 Å². The number of fused-ring (bicyclic) bond motifs is 7. The molecule has 8 fully saturated rings. The van der Waals surface area contributed by atoms with Crippen molar-refractivity contribution in [2.24, 2.45) is 50.2 Å². The van der Waals surface area contributed by atoms with Crippen LogP contribution in [0.5, 0.6) is 0 Å². The van der Waals surface area contributed by atoms with E-state index in [9.17, 15) is 85.9 Å². The van der Waals surface area contributed by atoms with Crippen LogP contribution in [0.25, 0.3) is 0 Å². The SMILES string of the molecule is C/C=C(\C)C(=O)O[C@H]1[C@H](OC(C)=O)C(C)(C)C[C@H]2C3=CC[C@@H]4[C@@]5(C)CC[C@H](O[C@@H]6O[C@H](C(=O)O)[C@@H](O)[C@H](O[C@@H]7O[C@H](CO)[C@@H](O)[C@H](O)[C@H]7O[C@@H]7OC[C@@H](O)[C@H](O)[C@H]7O)[C@H]6O[C@@H]6O[C@H](CO)[C@@H](O)[C@H](O)[C@H]6O)C(C)(C)[C@@H]5CC[C@@]4(C)[C@]3(C)C[C@@H](O)[C@]21CO. The van der Waals surface area contributed by atoms with Crippen molar-refractivity contribution in [2.45, 2.75) is 255 Å². The summed E-state index contributed by atoms with van der Waals surface area (Å²) in [4.78, 5) is 39.7. The predicted octanol–water partition coefficient (Wildman–Crippen LogP) is -1.83. The molecule has 4 saturated heterocycles. The van der Waals surface area contributed by atoms with Crippen LogP contribution in [0.3, 0.4) is 0 Å². The maximum absolute atomic E-state index is 13.7. The lowest BCUT2D eigenvalue weighted by atomic mass is 9.33. The molecule has 9 rings (SSSR count). The largest absolute Gasteiger partial charge is 0.479 e. The Morgan fingerprint density at radius 2 is 1.23 bits per heavy atom. The van der Waals surface area contributed by atoms with Gasteiger partial charge in [0.15, 0.2) is 37.4 Å². The molecule has 9 aliphatic rings. The Balaban J connectivity index is 1.05. The monoisotopic (exact) mass is 1250 g/mol. The van der Waals surface area contributed by atoms with Gasteiger partial charge in [0.1, 0.15) is 91.6 Å². The van der Waals surface area contributed by atoms with Crippen LogP contribution in [0.4, 0.5) is 0 Å². The molecule has 87 heavy (non-hydrogen) atoms. The Morgan fingerprint density at radius 1 is 0.632 bits per heavy atom. The van der Waals surface area contributed by atoms with Gasteiger partial charge < -0.3 is 119 Å². The van der Waals surface area contributed by atoms with E-state index in [0.29, 0.717) is 44.1 Å². The molecule has 4 saturated carbocycles. The van der Waals surface area contributed by atoms with E-state index in [-0.39, 0.29) is 18.3 Å². The minimum atomic E-state index is -2.28. The van der Waals surface area contributed by atoms with Gasteiger partial charge in [-0.1, -0.05) is 66.2 Å². The average molecular weight is 1250 g/mol. The van der Waals surface area contributed by atoms with Crippen molar-refractivity contribution in [1.29, 1.82) is 0 Å². The number of hydrogen-bond donors (Lipinski definition) is 14. The van der Waals surface area contributed by atoms with Gasteiger partial charge in [-0.15, -0.1) is 0 Å². The number of hydrogen-bond acceptors (Lipinski definition) is 26. The van der Waals surface area contributed by atoms with E-state index >= 15 is 0 Å². The Hall–Kier alpha value is -2.95. The zero-order chi connectivity index (χ0) is 64.2. The summed E-state index contributed by atoms with van der Waals surface area (Å²) in [5.41, 5.74) is -3.36. The number of esters is 2. The first-order valence-electron chi connectivity index (χ1n) is 30.4. The standard InChI is InChI=1S/C60H94O27/c1-11-24(2)50(77)87-48-47(79-25(3)64)55(4,5)18-27-26-12-13-32-57(8)16-15-34(56(6,7)31(57)14-17-58(32,9)59(26,10)19-33(66)60(27,48)23-63)82-54-46(86-52-41(73)38(70)36(68)29(20-61)80-52)43(42(74)44(84-54)49(75)76)83-53-45(39(71)37(69)30(21-62)81-53)85-51-40(72)35(67)28(65)22-78-51/h11-12,27-48,51-54,61-63,65-74H,13-23H2,1-10H3,(H,75,76)/b24-11+/t27-,28+,29+,30+,31-,32+,33+,34-,35-,36+,37+,38-,39-,40+,41+,42-,43-,44-,45+,46+,47-,48-,51-,52-,53-,54+,57-,58+,59+,60-/m0/s1. The molecule has 27 heteroatoms. The van der Waals surface area contributed by atoms with E-state index in [2.05, 4.69) is 26.8 Å². The number of aliphatic carboxylic acids is 1. The Labute approximate surface area is 505 Å². The highest BCUT2D eigenvalue weighted by molar-refractivity contribution is 5.88. The lowest BCUT2D eigenvalue weighted by molar-refractivity contribution is -0.405. The number of carboxylic acids is 1. The molecule has 30 atom stereocenters. The van der Waals surface area contributed by atoms with Crippen LogP contribution < -0.4 is 0 Å². The lowest BCUT2D eigenvalue weighted by Crippen LogP contribution is -2.72. The van der Waals surface area contributed by atoms with E-state index in [1.807, 2.05) is 27.7 Å². The van der Waals surface area contributed by atoms with Crippen LogP contribution in [0.15, 0.2) is 23.3 Å². The van der Waals surface area contributed by atoms with Crippen molar-refractivity contribution in [3.05, 3.63) is 23.3 Å². The molecule has 4 aliphatic heterocycles. The van der Waals surface area contributed by atoms with Crippen molar-refractivity contribution in [3.63, 3.8) is 0 Å². The minimum Gasteiger partial charge on any atom is -0.479 e. The quantitative estimate of drug-likeness (QED) is 0.0371. The van der Waals surface area contributed by atoms with E-state index in [1.165, 1.54) is 6.92 Å². The Bertz CT molecular complexity index is 2550. The van der Waals surface area contributed by atoms with Crippen LogP contribution in [-0.4, -0.2) is 257 Å². The van der Waals surface area contributed by atoms with Gasteiger partial charge in [-0.3, -0.25) is 4.79 Å². The number of carbonyl (C=O) groups is 3. The first-order valence-corrected chi connectivity index (χ1v) is 30.4. The molecule has 0 aromatic heterocycles.